The van der Waals surface area contributed by atoms with Gasteiger partial charge in [-0.2, -0.15) is 0 Å². The Kier molecular flexibility index (Phi) is 5.65. The van der Waals surface area contributed by atoms with E-state index in [4.69, 9.17) is 4.98 Å². The normalized spacial score (nSPS) is 11.0. The number of amides is 1. The molecule has 0 aliphatic rings. The number of thiazole rings is 1. The number of nitrogens with zero attached hydrogens (tertiary/aromatic N) is 3. The van der Waals surface area contributed by atoms with E-state index in [9.17, 15) is 4.79 Å². The van der Waals surface area contributed by atoms with Gasteiger partial charge in [-0.05, 0) is 73.7 Å². The minimum absolute atomic E-state index is 0.0725. The summed E-state index contributed by atoms with van der Waals surface area (Å²) in [5.74, 6) is -0.0725. The summed E-state index contributed by atoms with van der Waals surface area (Å²) in [5.41, 5.74) is 4.74. The third kappa shape index (κ3) is 4.18. The third-order valence-electron chi connectivity index (χ3n) is 4.68. The van der Waals surface area contributed by atoms with Crippen LogP contribution in [0.3, 0.4) is 0 Å². The first-order valence-corrected chi connectivity index (χ1v) is 11.3. The number of thioether (sulfide) groups is 1. The van der Waals surface area contributed by atoms with Gasteiger partial charge in [0.05, 0.1) is 22.5 Å². The fourth-order valence-electron chi connectivity index (χ4n) is 3.24. The monoisotopic (exact) mass is 419 g/mol. The molecule has 0 saturated heterocycles. The highest BCUT2D eigenvalue weighted by molar-refractivity contribution is 7.98. The van der Waals surface area contributed by atoms with Gasteiger partial charge >= 0.3 is 0 Å². The van der Waals surface area contributed by atoms with Crippen molar-refractivity contribution in [2.45, 2.75) is 25.3 Å². The van der Waals surface area contributed by atoms with E-state index >= 15 is 0 Å². The molecule has 6 heteroatoms. The molecule has 0 aliphatic heterocycles. The maximum atomic E-state index is 13.4. The van der Waals surface area contributed by atoms with Crippen molar-refractivity contribution >= 4 is 44.4 Å². The fraction of sp³-hybridized carbons (Fsp3) is 0.174. The average molecular weight is 420 g/mol. The summed E-state index contributed by atoms with van der Waals surface area (Å²) in [5, 5.41) is 0.693. The molecule has 4 rings (SSSR count). The standard InChI is InChI=1S/C23H21N3OS2/c1-15-12-16(2)21-20(13-15)29-23(25-21)26(14-18-6-4-5-11-24-18)22(27)17-7-9-19(28-3)10-8-17/h4-13H,14H2,1-3H3. The lowest BCUT2D eigenvalue weighted by atomic mass is 10.1. The highest BCUT2D eigenvalue weighted by Gasteiger charge is 2.22. The van der Waals surface area contributed by atoms with E-state index < -0.39 is 0 Å². The largest absolute Gasteiger partial charge is 0.278 e. The summed E-state index contributed by atoms with van der Waals surface area (Å²) >= 11 is 3.20. The zero-order chi connectivity index (χ0) is 20.4. The van der Waals surface area contributed by atoms with Crippen LogP contribution in [-0.4, -0.2) is 22.1 Å². The van der Waals surface area contributed by atoms with E-state index in [1.807, 2.05) is 48.7 Å². The molecule has 1 amide bonds. The maximum absolute atomic E-state index is 13.4. The van der Waals surface area contributed by atoms with E-state index in [0.717, 1.165) is 26.4 Å². The molecule has 146 valence electrons. The lowest BCUT2D eigenvalue weighted by molar-refractivity contribution is 0.0984. The Balaban J connectivity index is 1.77. The Hall–Kier alpha value is -2.70. The van der Waals surface area contributed by atoms with Crippen molar-refractivity contribution in [1.29, 1.82) is 0 Å². The van der Waals surface area contributed by atoms with Crippen molar-refractivity contribution in [2.24, 2.45) is 0 Å². The SMILES string of the molecule is CSc1ccc(C(=O)N(Cc2ccccn2)c2nc3c(C)cc(C)cc3s2)cc1. The van der Waals surface area contributed by atoms with Gasteiger partial charge in [-0.15, -0.1) is 11.8 Å². The fourth-order valence-corrected chi connectivity index (χ4v) is 4.79. The molecule has 2 aromatic heterocycles. The molecule has 0 unspecified atom stereocenters. The first-order valence-electron chi connectivity index (χ1n) is 9.29. The Morgan fingerprint density at radius 1 is 1.10 bits per heavy atom. The third-order valence-corrected chi connectivity index (χ3v) is 6.45. The van der Waals surface area contributed by atoms with Crippen molar-refractivity contribution in [2.75, 3.05) is 11.2 Å². The van der Waals surface area contributed by atoms with Crippen LogP contribution in [0.5, 0.6) is 0 Å². The number of carbonyl (C=O) groups excluding carboxylic acids is 1. The zero-order valence-corrected chi connectivity index (χ0v) is 18.2. The number of carbonyl (C=O) groups is 1. The van der Waals surface area contributed by atoms with Crippen LogP contribution in [0.4, 0.5) is 5.13 Å². The van der Waals surface area contributed by atoms with E-state index in [1.165, 1.54) is 5.56 Å². The number of aromatic nitrogens is 2. The van der Waals surface area contributed by atoms with Crippen LogP contribution in [-0.2, 0) is 6.54 Å². The van der Waals surface area contributed by atoms with Crippen molar-refractivity contribution in [3.8, 4) is 0 Å². The second-order valence-electron chi connectivity index (χ2n) is 6.87. The van der Waals surface area contributed by atoms with Crippen LogP contribution >= 0.6 is 23.1 Å². The molecule has 0 fully saturated rings. The summed E-state index contributed by atoms with van der Waals surface area (Å²) in [4.78, 5) is 25.5. The summed E-state index contributed by atoms with van der Waals surface area (Å²) in [6, 6.07) is 17.7. The Bertz CT molecular complexity index is 1150. The number of benzene rings is 2. The molecule has 2 aromatic carbocycles. The number of hydrogen-bond acceptors (Lipinski definition) is 5. The van der Waals surface area contributed by atoms with Crippen LogP contribution in [0.25, 0.3) is 10.2 Å². The molecular weight excluding hydrogens is 398 g/mol. The highest BCUT2D eigenvalue weighted by atomic mass is 32.2. The topological polar surface area (TPSA) is 46.1 Å². The smallest absolute Gasteiger partial charge is 0.260 e. The van der Waals surface area contributed by atoms with Crippen molar-refractivity contribution in [1.82, 2.24) is 9.97 Å². The molecule has 0 bridgehead atoms. The van der Waals surface area contributed by atoms with Gasteiger partial charge in [0.1, 0.15) is 0 Å². The molecule has 29 heavy (non-hydrogen) atoms. The van der Waals surface area contributed by atoms with Crippen LogP contribution < -0.4 is 4.90 Å². The van der Waals surface area contributed by atoms with E-state index in [2.05, 4.69) is 31.0 Å². The zero-order valence-electron chi connectivity index (χ0n) is 16.5. The first kappa shape index (κ1) is 19.6. The first-order chi connectivity index (χ1) is 14.0. The molecule has 0 N–H and O–H groups in total. The van der Waals surface area contributed by atoms with Gasteiger partial charge in [0, 0.05) is 16.7 Å². The van der Waals surface area contributed by atoms with Gasteiger partial charge in [-0.25, -0.2) is 4.98 Å². The minimum atomic E-state index is -0.0725. The molecule has 4 aromatic rings. The van der Waals surface area contributed by atoms with Gasteiger partial charge in [0.15, 0.2) is 5.13 Å². The molecule has 0 radical (unpaired) electrons. The van der Waals surface area contributed by atoms with Gasteiger partial charge in [0.25, 0.3) is 5.91 Å². The molecule has 4 nitrogen and oxygen atoms in total. The average Bonchev–Trinajstić information content (AvgIpc) is 3.16. The minimum Gasteiger partial charge on any atom is -0.278 e. The number of pyridine rings is 1. The highest BCUT2D eigenvalue weighted by Crippen LogP contribution is 2.33. The van der Waals surface area contributed by atoms with Gasteiger partial charge in [-0.1, -0.05) is 23.5 Å². The molecule has 0 aliphatic carbocycles. The Labute approximate surface area is 178 Å². The second kappa shape index (κ2) is 8.35. The molecular formula is C23H21N3OS2. The number of anilines is 1. The molecule has 0 spiro atoms. The van der Waals surface area contributed by atoms with Crippen LogP contribution in [0.1, 0.15) is 27.2 Å². The summed E-state index contributed by atoms with van der Waals surface area (Å²) in [7, 11) is 0. The number of aryl methyl sites for hydroxylation is 2. The summed E-state index contributed by atoms with van der Waals surface area (Å²) in [6.45, 7) is 4.52. The van der Waals surface area contributed by atoms with Crippen molar-refractivity contribution in [3.05, 3.63) is 83.2 Å². The van der Waals surface area contributed by atoms with Gasteiger partial charge < -0.3 is 0 Å². The molecule has 0 atom stereocenters. The Morgan fingerprint density at radius 2 is 1.90 bits per heavy atom. The van der Waals surface area contributed by atoms with Crippen LogP contribution in [0, 0.1) is 13.8 Å². The van der Waals surface area contributed by atoms with Crippen molar-refractivity contribution in [3.63, 3.8) is 0 Å². The predicted molar refractivity (Wildman–Crippen MR) is 122 cm³/mol. The van der Waals surface area contributed by atoms with Gasteiger partial charge in [-0.3, -0.25) is 14.7 Å². The Morgan fingerprint density at radius 3 is 2.59 bits per heavy atom. The molecule has 0 saturated carbocycles. The summed E-state index contributed by atoms with van der Waals surface area (Å²) < 4.78 is 1.09. The van der Waals surface area contributed by atoms with Crippen LogP contribution in [0.2, 0.25) is 0 Å². The van der Waals surface area contributed by atoms with E-state index in [-0.39, 0.29) is 5.91 Å². The van der Waals surface area contributed by atoms with Gasteiger partial charge in [0.2, 0.25) is 0 Å². The second-order valence-corrected chi connectivity index (χ2v) is 8.75. The summed E-state index contributed by atoms with van der Waals surface area (Å²) in [6.07, 6.45) is 3.77. The van der Waals surface area contributed by atoms with Crippen molar-refractivity contribution < 1.29 is 4.79 Å². The van der Waals surface area contributed by atoms with E-state index in [1.54, 1.807) is 34.2 Å². The van der Waals surface area contributed by atoms with Crippen LogP contribution in [0.15, 0.2) is 65.7 Å². The maximum Gasteiger partial charge on any atom is 0.260 e. The lowest BCUT2D eigenvalue weighted by Gasteiger charge is -2.19. The van der Waals surface area contributed by atoms with E-state index in [0.29, 0.717) is 17.2 Å². The number of hydrogen-bond donors (Lipinski definition) is 0. The predicted octanol–water partition coefficient (Wildman–Crippen LogP) is 5.88. The quantitative estimate of drug-likeness (QED) is 0.379. The molecule has 2 heterocycles. The lowest BCUT2D eigenvalue weighted by Crippen LogP contribution is -2.30. The number of rotatable bonds is 5. The number of fused-ring (bicyclic) bond motifs is 1.